The van der Waals surface area contributed by atoms with Crippen molar-refractivity contribution in [3.63, 3.8) is 0 Å². The van der Waals surface area contributed by atoms with Crippen LogP contribution in [0.4, 0.5) is 5.69 Å². The second-order valence-electron chi connectivity index (χ2n) is 4.85. The van der Waals surface area contributed by atoms with E-state index in [9.17, 15) is 4.79 Å². The molecule has 1 aromatic carbocycles. The molecular formula is C14H18ClNO. The van der Waals surface area contributed by atoms with Gasteiger partial charge >= 0.3 is 0 Å². The molecule has 0 heterocycles. The summed E-state index contributed by atoms with van der Waals surface area (Å²) in [5, 5.41) is 0.469. The zero-order valence-corrected chi connectivity index (χ0v) is 10.7. The van der Waals surface area contributed by atoms with Gasteiger partial charge in [-0.15, -0.1) is 0 Å². The highest BCUT2D eigenvalue weighted by Crippen LogP contribution is 2.29. The summed E-state index contributed by atoms with van der Waals surface area (Å²) in [5.41, 5.74) is 6.83. The third-order valence-corrected chi connectivity index (χ3v) is 3.90. The number of nitrogen functional groups attached to an aromatic ring is 1. The van der Waals surface area contributed by atoms with Crippen LogP contribution in [-0.2, 0) is 0 Å². The Hall–Kier alpha value is -1.02. The molecule has 0 aliphatic heterocycles. The number of anilines is 1. The Bertz CT molecular complexity index is 411. The molecule has 0 radical (unpaired) electrons. The van der Waals surface area contributed by atoms with Gasteiger partial charge in [-0.1, -0.05) is 37.3 Å². The van der Waals surface area contributed by atoms with E-state index in [1.54, 1.807) is 18.2 Å². The molecule has 3 heteroatoms. The summed E-state index contributed by atoms with van der Waals surface area (Å²) in [6.45, 7) is 0. The normalized spacial score (nSPS) is 16.3. The summed E-state index contributed by atoms with van der Waals surface area (Å²) in [6.07, 6.45) is 6.87. The average molecular weight is 252 g/mol. The van der Waals surface area contributed by atoms with Crippen LogP contribution in [0.25, 0.3) is 0 Å². The fraction of sp³-hybridized carbons (Fsp3) is 0.500. The molecule has 92 valence electrons. The van der Waals surface area contributed by atoms with Crippen LogP contribution < -0.4 is 5.73 Å². The van der Waals surface area contributed by atoms with Crippen LogP contribution in [0.15, 0.2) is 18.2 Å². The topological polar surface area (TPSA) is 43.1 Å². The van der Waals surface area contributed by atoms with Crippen molar-refractivity contribution in [2.24, 2.45) is 5.92 Å². The molecular weight excluding hydrogens is 234 g/mol. The molecule has 1 aromatic rings. The van der Waals surface area contributed by atoms with Gasteiger partial charge in [0.1, 0.15) is 0 Å². The quantitative estimate of drug-likeness (QED) is 0.647. The monoisotopic (exact) mass is 251 g/mol. The van der Waals surface area contributed by atoms with E-state index in [0.717, 1.165) is 12.3 Å². The van der Waals surface area contributed by atoms with Crippen LogP contribution in [0.5, 0.6) is 0 Å². The van der Waals surface area contributed by atoms with Crippen LogP contribution in [0.2, 0.25) is 5.02 Å². The van der Waals surface area contributed by atoms with E-state index in [-0.39, 0.29) is 5.78 Å². The summed E-state index contributed by atoms with van der Waals surface area (Å²) < 4.78 is 0. The highest BCUT2D eigenvalue weighted by Gasteiger charge is 2.17. The Kier molecular flexibility index (Phi) is 4.06. The Labute approximate surface area is 107 Å². The molecule has 1 aliphatic carbocycles. The predicted octanol–water partition coefficient (Wildman–Crippen LogP) is 4.08. The number of rotatable bonds is 4. The molecule has 17 heavy (non-hydrogen) atoms. The lowest BCUT2D eigenvalue weighted by Gasteiger charge is -2.08. The van der Waals surface area contributed by atoms with Crippen LogP contribution in [0.3, 0.4) is 0 Å². The maximum Gasteiger partial charge on any atom is 0.162 e. The summed E-state index contributed by atoms with van der Waals surface area (Å²) >= 11 is 5.91. The van der Waals surface area contributed by atoms with Crippen molar-refractivity contribution in [3.8, 4) is 0 Å². The standard InChI is InChI=1S/C14H18ClNO/c15-12-9-11(6-7-13(12)16)14(17)8-5-10-3-1-2-4-10/h6-7,9-10H,1-5,8,16H2. The van der Waals surface area contributed by atoms with Crippen molar-refractivity contribution >= 4 is 23.1 Å². The van der Waals surface area contributed by atoms with Gasteiger partial charge in [0.15, 0.2) is 5.78 Å². The zero-order valence-electron chi connectivity index (χ0n) is 9.92. The van der Waals surface area contributed by atoms with E-state index in [0.29, 0.717) is 22.7 Å². The number of carbonyl (C=O) groups excluding carboxylic acids is 1. The fourth-order valence-electron chi connectivity index (χ4n) is 2.48. The molecule has 0 aromatic heterocycles. The molecule has 1 fully saturated rings. The van der Waals surface area contributed by atoms with Gasteiger partial charge in [0.05, 0.1) is 10.7 Å². The van der Waals surface area contributed by atoms with Crippen LogP contribution in [0, 0.1) is 5.92 Å². The molecule has 0 bridgehead atoms. The lowest BCUT2D eigenvalue weighted by molar-refractivity contribution is 0.0974. The number of halogens is 1. The third kappa shape index (κ3) is 3.22. The highest BCUT2D eigenvalue weighted by molar-refractivity contribution is 6.33. The lowest BCUT2D eigenvalue weighted by atomic mass is 9.97. The molecule has 2 N–H and O–H groups in total. The number of hydrogen-bond acceptors (Lipinski definition) is 2. The van der Waals surface area contributed by atoms with E-state index in [1.165, 1.54) is 25.7 Å². The number of ketones is 1. The Balaban J connectivity index is 1.92. The zero-order chi connectivity index (χ0) is 12.3. The first-order chi connectivity index (χ1) is 8.16. The second-order valence-corrected chi connectivity index (χ2v) is 5.26. The molecule has 0 atom stereocenters. The molecule has 1 saturated carbocycles. The van der Waals surface area contributed by atoms with Crippen LogP contribution >= 0.6 is 11.6 Å². The van der Waals surface area contributed by atoms with E-state index < -0.39 is 0 Å². The number of hydrogen-bond donors (Lipinski definition) is 1. The van der Waals surface area contributed by atoms with Crippen molar-refractivity contribution in [2.75, 3.05) is 5.73 Å². The van der Waals surface area contributed by atoms with Gasteiger partial charge in [0, 0.05) is 12.0 Å². The summed E-state index contributed by atoms with van der Waals surface area (Å²) in [5.74, 6) is 0.932. The summed E-state index contributed by atoms with van der Waals surface area (Å²) in [4.78, 5) is 12.0. The Morgan fingerprint density at radius 1 is 1.35 bits per heavy atom. The van der Waals surface area contributed by atoms with Crippen molar-refractivity contribution in [3.05, 3.63) is 28.8 Å². The predicted molar refractivity (Wildman–Crippen MR) is 71.4 cm³/mol. The van der Waals surface area contributed by atoms with Gasteiger partial charge < -0.3 is 5.73 Å². The first-order valence-electron chi connectivity index (χ1n) is 6.25. The minimum atomic E-state index is 0.179. The van der Waals surface area contributed by atoms with Gasteiger partial charge in [-0.25, -0.2) is 0 Å². The van der Waals surface area contributed by atoms with Gasteiger partial charge in [0.25, 0.3) is 0 Å². The second kappa shape index (κ2) is 5.54. The summed E-state index contributed by atoms with van der Waals surface area (Å²) in [6, 6.07) is 5.14. The van der Waals surface area contributed by atoms with Crippen molar-refractivity contribution in [1.29, 1.82) is 0 Å². The van der Waals surface area contributed by atoms with E-state index in [2.05, 4.69) is 0 Å². The maximum absolute atomic E-state index is 12.0. The maximum atomic E-state index is 12.0. The highest BCUT2D eigenvalue weighted by atomic mass is 35.5. The molecule has 0 spiro atoms. The minimum Gasteiger partial charge on any atom is -0.398 e. The van der Waals surface area contributed by atoms with E-state index in [1.807, 2.05) is 0 Å². The molecule has 2 rings (SSSR count). The van der Waals surface area contributed by atoms with Gasteiger partial charge in [-0.05, 0) is 30.5 Å². The van der Waals surface area contributed by atoms with Gasteiger partial charge in [0.2, 0.25) is 0 Å². The van der Waals surface area contributed by atoms with Crippen LogP contribution in [0.1, 0.15) is 48.9 Å². The average Bonchev–Trinajstić information content (AvgIpc) is 2.82. The smallest absolute Gasteiger partial charge is 0.162 e. The number of carbonyl (C=O) groups is 1. The van der Waals surface area contributed by atoms with Gasteiger partial charge in [-0.3, -0.25) is 4.79 Å². The number of Topliss-reactive ketones (excluding diaryl/α,β-unsaturated/α-hetero) is 1. The van der Waals surface area contributed by atoms with Gasteiger partial charge in [-0.2, -0.15) is 0 Å². The van der Waals surface area contributed by atoms with Crippen LogP contribution in [-0.4, -0.2) is 5.78 Å². The van der Waals surface area contributed by atoms with E-state index >= 15 is 0 Å². The molecule has 0 amide bonds. The molecule has 1 aliphatic rings. The van der Waals surface area contributed by atoms with E-state index in [4.69, 9.17) is 17.3 Å². The first-order valence-corrected chi connectivity index (χ1v) is 6.63. The molecule has 2 nitrogen and oxygen atoms in total. The minimum absolute atomic E-state index is 0.179. The SMILES string of the molecule is Nc1ccc(C(=O)CCC2CCCC2)cc1Cl. The Morgan fingerprint density at radius 3 is 2.71 bits per heavy atom. The number of nitrogens with two attached hydrogens (primary N) is 1. The van der Waals surface area contributed by atoms with Crippen molar-refractivity contribution in [1.82, 2.24) is 0 Å². The number of benzene rings is 1. The Morgan fingerprint density at radius 2 is 2.06 bits per heavy atom. The molecule has 0 saturated heterocycles. The third-order valence-electron chi connectivity index (χ3n) is 3.58. The largest absolute Gasteiger partial charge is 0.398 e. The molecule has 0 unspecified atom stereocenters. The van der Waals surface area contributed by atoms with Crippen molar-refractivity contribution < 1.29 is 4.79 Å². The fourth-order valence-corrected chi connectivity index (χ4v) is 2.66. The first kappa shape index (κ1) is 12.4. The van der Waals surface area contributed by atoms with Crippen molar-refractivity contribution in [2.45, 2.75) is 38.5 Å². The summed E-state index contributed by atoms with van der Waals surface area (Å²) in [7, 11) is 0. The lowest BCUT2D eigenvalue weighted by Crippen LogP contribution is -2.03.